The molecular formula is C33H47N7O. The Bertz CT molecular complexity index is 1170. The van der Waals surface area contributed by atoms with Crippen LogP contribution in [0.3, 0.4) is 0 Å². The summed E-state index contributed by atoms with van der Waals surface area (Å²) in [5.41, 5.74) is 2.97. The Kier molecular flexibility index (Phi) is 9.35. The maximum atomic E-state index is 9.70. The number of nitrogens with one attached hydrogen (secondary N) is 3. The summed E-state index contributed by atoms with van der Waals surface area (Å²) in [7, 11) is 0. The van der Waals surface area contributed by atoms with E-state index in [0.717, 1.165) is 50.7 Å². The van der Waals surface area contributed by atoms with Crippen molar-refractivity contribution in [2.75, 3.05) is 43.5 Å². The maximum absolute atomic E-state index is 9.70. The number of hydrogen-bond acceptors (Lipinski definition) is 8. The third-order valence-electron chi connectivity index (χ3n) is 10.3. The lowest BCUT2D eigenvalue weighted by Gasteiger charge is -2.48. The first-order chi connectivity index (χ1) is 20.2. The van der Waals surface area contributed by atoms with E-state index in [9.17, 15) is 5.26 Å². The Labute approximate surface area is 245 Å². The molecule has 3 aliphatic carbocycles. The lowest BCUT2D eigenvalue weighted by molar-refractivity contribution is 0.00414. The lowest BCUT2D eigenvalue weighted by atomic mass is 9.64. The Morgan fingerprint density at radius 1 is 1.00 bits per heavy atom. The van der Waals surface area contributed by atoms with Gasteiger partial charge in [0.25, 0.3) is 0 Å². The second-order valence-corrected chi connectivity index (χ2v) is 12.9. The second kappa shape index (κ2) is 13.5. The molecule has 6 rings (SSSR count). The van der Waals surface area contributed by atoms with E-state index in [0.29, 0.717) is 41.9 Å². The van der Waals surface area contributed by atoms with Crippen LogP contribution in [0.1, 0.15) is 74.5 Å². The molecule has 0 spiro atoms. The number of benzene rings is 1. The molecule has 2 unspecified atom stereocenters. The van der Waals surface area contributed by atoms with Crippen molar-refractivity contribution in [3.8, 4) is 6.07 Å². The molecule has 8 nitrogen and oxygen atoms in total. The first-order valence-electron chi connectivity index (χ1n) is 16.0. The molecule has 2 bridgehead atoms. The van der Waals surface area contributed by atoms with Gasteiger partial charge in [-0.3, -0.25) is 4.90 Å². The zero-order chi connectivity index (χ0) is 28.0. The summed E-state index contributed by atoms with van der Waals surface area (Å²) < 4.78 is 5.57. The Hall–Kier alpha value is -2.73. The predicted octanol–water partition coefficient (Wildman–Crippen LogP) is 5.11. The maximum Gasteiger partial charge on any atom is 0.224 e. The van der Waals surface area contributed by atoms with Crippen LogP contribution in [-0.4, -0.2) is 65.8 Å². The van der Waals surface area contributed by atoms with Gasteiger partial charge in [0.2, 0.25) is 5.95 Å². The fourth-order valence-electron chi connectivity index (χ4n) is 8.04. The topological polar surface area (TPSA) is 98.1 Å². The van der Waals surface area contributed by atoms with E-state index in [1.807, 2.05) is 6.07 Å². The molecule has 1 saturated heterocycles. The van der Waals surface area contributed by atoms with Crippen molar-refractivity contribution in [2.24, 2.45) is 17.8 Å². The number of nitrogens with zero attached hydrogens (tertiary/aromatic N) is 4. The van der Waals surface area contributed by atoms with E-state index in [4.69, 9.17) is 9.72 Å². The van der Waals surface area contributed by atoms with Crippen LogP contribution >= 0.6 is 0 Å². The second-order valence-electron chi connectivity index (χ2n) is 12.9. The van der Waals surface area contributed by atoms with Crippen LogP contribution in [0.25, 0.3) is 0 Å². The number of fused-ring (bicyclic) bond motifs is 2. The normalized spacial score (nSPS) is 30.3. The molecule has 4 atom stereocenters. The zero-order valence-electron chi connectivity index (χ0n) is 24.7. The molecule has 3 N–H and O–H groups in total. The summed E-state index contributed by atoms with van der Waals surface area (Å²) in [6.07, 6.45) is 13.5. The molecule has 1 aromatic heterocycles. The fourth-order valence-corrected chi connectivity index (χ4v) is 8.04. The van der Waals surface area contributed by atoms with Gasteiger partial charge in [-0.2, -0.15) is 10.2 Å². The molecule has 0 amide bonds. The summed E-state index contributed by atoms with van der Waals surface area (Å²) in [4.78, 5) is 11.8. The van der Waals surface area contributed by atoms with Crippen LogP contribution in [-0.2, 0) is 11.3 Å². The highest BCUT2D eigenvalue weighted by atomic mass is 16.5. The molecule has 3 saturated carbocycles. The van der Waals surface area contributed by atoms with E-state index in [1.54, 1.807) is 6.20 Å². The zero-order valence-corrected chi connectivity index (χ0v) is 24.7. The number of ether oxygens (including phenoxy) is 1. The van der Waals surface area contributed by atoms with Gasteiger partial charge in [-0.25, -0.2) is 4.98 Å². The van der Waals surface area contributed by atoms with Gasteiger partial charge in [-0.1, -0.05) is 30.7 Å². The molecule has 8 heteroatoms. The van der Waals surface area contributed by atoms with Gasteiger partial charge in [0.05, 0.1) is 19.4 Å². The number of aromatic nitrogens is 2. The Morgan fingerprint density at radius 3 is 2.49 bits per heavy atom. The average Bonchev–Trinajstić information content (AvgIpc) is 3.00. The first-order valence-corrected chi connectivity index (χ1v) is 16.0. The molecule has 4 aliphatic rings. The van der Waals surface area contributed by atoms with Crippen LogP contribution in [0.5, 0.6) is 0 Å². The monoisotopic (exact) mass is 557 g/mol. The van der Waals surface area contributed by atoms with Crippen molar-refractivity contribution in [1.82, 2.24) is 20.2 Å². The smallest absolute Gasteiger partial charge is 0.224 e. The Morgan fingerprint density at radius 2 is 1.76 bits per heavy atom. The number of morpholine rings is 1. The minimum absolute atomic E-state index is 0.509. The van der Waals surface area contributed by atoms with Crippen LogP contribution < -0.4 is 16.0 Å². The summed E-state index contributed by atoms with van der Waals surface area (Å²) >= 11 is 0. The molecule has 4 fully saturated rings. The SMILES string of the molecule is Cc1ccccc1CNc1ncc(C#N)c(NCC2C[C@H]3CCC[C@@H](C2)C3NC2CCC(N3CCOCC3)CC2)n1. The third-order valence-corrected chi connectivity index (χ3v) is 10.3. The van der Waals surface area contributed by atoms with E-state index < -0.39 is 0 Å². The van der Waals surface area contributed by atoms with E-state index >= 15 is 0 Å². The number of hydrogen-bond donors (Lipinski definition) is 3. The highest BCUT2D eigenvalue weighted by Gasteiger charge is 2.41. The van der Waals surface area contributed by atoms with Gasteiger partial charge in [-0.15, -0.1) is 0 Å². The summed E-state index contributed by atoms with van der Waals surface area (Å²) in [6, 6.07) is 12.7. The van der Waals surface area contributed by atoms with Crippen molar-refractivity contribution in [2.45, 2.75) is 89.4 Å². The van der Waals surface area contributed by atoms with Gasteiger partial charge in [-0.05, 0) is 87.2 Å². The van der Waals surface area contributed by atoms with Gasteiger partial charge in [0.1, 0.15) is 17.5 Å². The summed E-state index contributed by atoms with van der Waals surface area (Å²) in [6.45, 7) is 7.67. The van der Waals surface area contributed by atoms with E-state index in [-0.39, 0.29) is 0 Å². The number of rotatable bonds is 9. The molecule has 2 aromatic rings. The van der Waals surface area contributed by atoms with Crippen molar-refractivity contribution in [1.29, 1.82) is 5.26 Å². The number of anilines is 2. The van der Waals surface area contributed by atoms with Crippen molar-refractivity contribution < 1.29 is 4.74 Å². The molecule has 1 aliphatic heterocycles. The molecule has 220 valence electrons. The van der Waals surface area contributed by atoms with Crippen LogP contribution in [0, 0.1) is 36.0 Å². The van der Waals surface area contributed by atoms with Crippen LogP contribution in [0.4, 0.5) is 11.8 Å². The van der Waals surface area contributed by atoms with Crippen LogP contribution in [0.2, 0.25) is 0 Å². The van der Waals surface area contributed by atoms with E-state index in [2.05, 4.69) is 57.0 Å². The Balaban J connectivity index is 1.01. The fraction of sp³-hybridized carbons (Fsp3) is 0.667. The first kappa shape index (κ1) is 28.4. The van der Waals surface area contributed by atoms with Gasteiger partial charge in [0, 0.05) is 44.3 Å². The van der Waals surface area contributed by atoms with Crippen molar-refractivity contribution >= 4 is 11.8 Å². The highest BCUT2D eigenvalue weighted by Crippen LogP contribution is 2.43. The lowest BCUT2D eigenvalue weighted by Crippen LogP contribution is -2.54. The standard InChI is InChI=1S/C33H47N7O/c1-23-5-2-3-6-27(23)21-36-33-37-22-28(19-34)32(39-33)35-20-24-17-25-7-4-8-26(18-24)31(25)38-29-9-11-30(12-10-29)40-13-15-41-16-14-40/h2-3,5-6,22,24-26,29-31,38H,4,7-18,20-21H2,1H3,(H2,35,36,37,39)/t24?,25-,26+,29?,30?,31?. The minimum atomic E-state index is 0.509. The van der Waals surface area contributed by atoms with Gasteiger partial charge in [0.15, 0.2) is 0 Å². The molecule has 41 heavy (non-hydrogen) atoms. The predicted molar refractivity (Wildman–Crippen MR) is 163 cm³/mol. The largest absolute Gasteiger partial charge is 0.379 e. The molecule has 0 radical (unpaired) electrons. The highest BCUT2D eigenvalue weighted by molar-refractivity contribution is 5.53. The molecule has 1 aromatic carbocycles. The van der Waals surface area contributed by atoms with Crippen molar-refractivity contribution in [3.05, 3.63) is 47.2 Å². The van der Waals surface area contributed by atoms with Gasteiger partial charge < -0.3 is 20.7 Å². The average molecular weight is 558 g/mol. The minimum Gasteiger partial charge on any atom is -0.379 e. The van der Waals surface area contributed by atoms with Crippen LogP contribution in [0.15, 0.2) is 30.5 Å². The molecule has 2 heterocycles. The van der Waals surface area contributed by atoms with E-state index in [1.165, 1.54) is 68.9 Å². The summed E-state index contributed by atoms with van der Waals surface area (Å²) in [5.74, 6) is 3.35. The summed E-state index contributed by atoms with van der Waals surface area (Å²) in [5, 5.41) is 20.8. The quantitative estimate of drug-likeness (QED) is 0.391. The molecular weight excluding hydrogens is 510 g/mol. The number of aryl methyl sites for hydroxylation is 1. The van der Waals surface area contributed by atoms with Crippen molar-refractivity contribution in [3.63, 3.8) is 0 Å². The number of nitriles is 1. The van der Waals surface area contributed by atoms with Gasteiger partial charge >= 0.3 is 0 Å². The third kappa shape index (κ3) is 7.02.